The van der Waals surface area contributed by atoms with Crippen molar-refractivity contribution in [1.82, 2.24) is 29.0 Å². The molecule has 2 amide bonds. The van der Waals surface area contributed by atoms with Crippen LogP contribution in [0.15, 0.2) is 48.9 Å². The van der Waals surface area contributed by atoms with Crippen LogP contribution in [0.1, 0.15) is 27.8 Å². The van der Waals surface area contributed by atoms with Crippen LogP contribution in [-0.2, 0) is 11.8 Å². The predicted octanol–water partition coefficient (Wildman–Crippen LogP) is 1.94. The molecule has 0 spiro atoms. The number of carboxylic acids is 1. The van der Waals surface area contributed by atoms with Gasteiger partial charge in [-0.1, -0.05) is 12.1 Å². The molecule has 0 radical (unpaired) electrons. The van der Waals surface area contributed by atoms with E-state index in [1.165, 1.54) is 15.8 Å². The second-order valence-corrected chi connectivity index (χ2v) is 7.66. The molecule has 3 aromatic heterocycles. The van der Waals surface area contributed by atoms with Crippen LogP contribution >= 0.6 is 0 Å². The molecule has 0 aliphatic rings. The third-order valence-corrected chi connectivity index (χ3v) is 5.27. The van der Waals surface area contributed by atoms with E-state index in [2.05, 4.69) is 20.4 Å². The van der Waals surface area contributed by atoms with Gasteiger partial charge in [0.15, 0.2) is 6.61 Å². The molecule has 0 atom stereocenters. The zero-order valence-corrected chi connectivity index (χ0v) is 19.3. The number of nitrogens with zero attached hydrogens (tertiary/aromatic N) is 6. The number of ether oxygens (including phenoxy) is 1. The Bertz CT molecular complexity index is 1420. The van der Waals surface area contributed by atoms with E-state index in [1.807, 2.05) is 13.0 Å². The highest BCUT2D eigenvalue weighted by Gasteiger charge is 2.24. The van der Waals surface area contributed by atoms with Gasteiger partial charge < -0.3 is 20.1 Å². The Kier molecular flexibility index (Phi) is 6.44. The molecule has 12 nitrogen and oxygen atoms in total. The number of benzene rings is 1. The molecule has 4 rings (SSSR count). The average molecular weight is 477 g/mol. The second kappa shape index (κ2) is 9.63. The van der Waals surface area contributed by atoms with Crippen molar-refractivity contribution in [3.8, 4) is 17.0 Å². The molecule has 3 heterocycles. The zero-order chi connectivity index (χ0) is 25.1. The smallest absolute Gasteiger partial charge is 0.341 e. The van der Waals surface area contributed by atoms with Crippen LogP contribution in [0.2, 0.25) is 0 Å². The number of hydrogen-bond acceptors (Lipinski definition) is 7. The summed E-state index contributed by atoms with van der Waals surface area (Å²) in [6.07, 6.45) is 4.82. The number of hydrogen-bond donors (Lipinski definition) is 2. The Morgan fingerprint density at radius 3 is 2.74 bits per heavy atom. The summed E-state index contributed by atoms with van der Waals surface area (Å²) in [6, 6.07) is 8.50. The molecule has 0 aliphatic carbocycles. The van der Waals surface area contributed by atoms with Crippen molar-refractivity contribution >= 4 is 29.4 Å². The minimum absolute atomic E-state index is 0.124. The highest BCUT2D eigenvalue weighted by Crippen LogP contribution is 2.24. The molecule has 0 aliphatic heterocycles. The largest absolute Gasteiger partial charge is 0.482 e. The first kappa shape index (κ1) is 23.4. The summed E-state index contributed by atoms with van der Waals surface area (Å²) in [5.74, 6) is -0.908. The van der Waals surface area contributed by atoms with Crippen molar-refractivity contribution in [2.24, 2.45) is 7.05 Å². The number of carbonyl (C=O) groups excluding carboxylic acids is 2. The van der Waals surface area contributed by atoms with Gasteiger partial charge in [-0.3, -0.25) is 18.7 Å². The number of carbonyl (C=O) groups is 3. The molecule has 0 saturated heterocycles. The predicted molar refractivity (Wildman–Crippen MR) is 125 cm³/mol. The molecule has 0 unspecified atom stereocenters. The van der Waals surface area contributed by atoms with E-state index >= 15 is 0 Å². The zero-order valence-electron chi connectivity index (χ0n) is 19.3. The maximum absolute atomic E-state index is 13.0. The molecule has 0 fully saturated rings. The van der Waals surface area contributed by atoms with Gasteiger partial charge >= 0.3 is 5.97 Å². The summed E-state index contributed by atoms with van der Waals surface area (Å²) in [5, 5.41) is 15.6. The summed E-state index contributed by atoms with van der Waals surface area (Å²) in [4.78, 5) is 46.7. The highest BCUT2D eigenvalue weighted by atomic mass is 16.5. The normalized spacial score (nSPS) is 10.8. The van der Waals surface area contributed by atoms with Crippen molar-refractivity contribution in [2.45, 2.75) is 6.92 Å². The molecule has 0 bridgehead atoms. The molecule has 0 saturated carbocycles. The fourth-order valence-corrected chi connectivity index (χ4v) is 3.36. The number of amides is 2. The standard InChI is InChI=1S/C23H23N7O5/c1-4-28(2)22(34)16-11-24-29(3)20(16)21(33)26-18-8-9-30-12-17(25-23(30)27-18)14-6-5-7-15(10-14)35-13-19(31)32/h5-12H,4,13H2,1-3H3,(H,31,32)(H,25,26,27,33). The first-order valence-electron chi connectivity index (χ1n) is 10.7. The van der Waals surface area contributed by atoms with E-state index in [0.29, 0.717) is 29.3 Å². The van der Waals surface area contributed by atoms with Gasteiger partial charge in [-0.2, -0.15) is 10.1 Å². The van der Waals surface area contributed by atoms with Gasteiger partial charge in [-0.15, -0.1) is 0 Å². The Balaban J connectivity index is 1.57. The lowest BCUT2D eigenvalue weighted by Gasteiger charge is -2.14. The van der Waals surface area contributed by atoms with E-state index in [-0.39, 0.29) is 23.0 Å². The Morgan fingerprint density at radius 2 is 2.00 bits per heavy atom. The van der Waals surface area contributed by atoms with E-state index < -0.39 is 18.5 Å². The van der Waals surface area contributed by atoms with Crippen molar-refractivity contribution in [3.05, 3.63) is 60.2 Å². The van der Waals surface area contributed by atoms with Crippen molar-refractivity contribution < 1.29 is 24.2 Å². The van der Waals surface area contributed by atoms with Crippen LogP contribution in [0.5, 0.6) is 5.75 Å². The van der Waals surface area contributed by atoms with E-state index in [0.717, 1.165) is 0 Å². The molecular weight excluding hydrogens is 454 g/mol. The lowest BCUT2D eigenvalue weighted by molar-refractivity contribution is -0.139. The van der Waals surface area contributed by atoms with Crippen LogP contribution in [0.3, 0.4) is 0 Å². The van der Waals surface area contributed by atoms with Gasteiger partial charge in [0.25, 0.3) is 11.8 Å². The number of aromatic nitrogens is 5. The Labute approximate surface area is 199 Å². The van der Waals surface area contributed by atoms with Crippen LogP contribution in [-0.4, -0.2) is 72.1 Å². The van der Waals surface area contributed by atoms with Gasteiger partial charge in [0.2, 0.25) is 5.78 Å². The molecule has 180 valence electrons. The van der Waals surface area contributed by atoms with Crippen LogP contribution in [0.25, 0.3) is 17.0 Å². The molecule has 12 heteroatoms. The van der Waals surface area contributed by atoms with E-state index in [4.69, 9.17) is 9.84 Å². The van der Waals surface area contributed by atoms with Crippen molar-refractivity contribution in [2.75, 3.05) is 25.5 Å². The fourth-order valence-electron chi connectivity index (χ4n) is 3.36. The number of rotatable bonds is 8. The van der Waals surface area contributed by atoms with Crippen molar-refractivity contribution in [1.29, 1.82) is 0 Å². The minimum atomic E-state index is -1.07. The summed E-state index contributed by atoms with van der Waals surface area (Å²) in [6.45, 7) is 1.88. The van der Waals surface area contributed by atoms with Crippen LogP contribution < -0.4 is 10.1 Å². The van der Waals surface area contributed by atoms with Crippen LogP contribution in [0.4, 0.5) is 5.82 Å². The van der Waals surface area contributed by atoms with Gasteiger partial charge in [0.1, 0.15) is 17.3 Å². The summed E-state index contributed by atoms with van der Waals surface area (Å²) in [5.41, 5.74) is 1.62. The number of fused-ring (bicyclic) bond motifs is 1. The highest BCUT2D eigenvalue weighted by molar-refractivity contribution is 6.10. The number of carboxylic acid groups (broad SMARTS) is 1. The lowest BCUT2D eigenvalue weighted by Crippen LogP contribution is -2.29. The van der Waals surface area contributed by atoms with Gasteiger partial charge in [0, 0.05) is 38.6 Å². The second-order valence-electron chi connectivity index (χ2n) is 7.66. The third-order valence-electron chi connectivity index (χ3n) is 5.27. The average Bonchev–Trinajstić information content (AvgIpc) is 3.45. The Morgan fingerprint density at radius 1 is 1.20 bits per heavy atom. The Hall–Kier alpha value is -4.74. The molecular formula is C23H23N7O5. The third kappa shape index (κ3) is 4.95. The van der Waals surface area contributed by atoms with Crippen molar-refractivity contribution in [3.63, 3.8) is 0 Å². The first-order valence-corrected chi connectivity index (χ1v) is 10.7. The van der Waals surface area contributed by atoms with Gasteiger partial charge in [-0.05, 0) is 25.1 Å². The quantitative estimate of drug-likeness (QED) is 0.392. The molecule has 1 aromatic carbocycles. The lowest BCUT2D eigenvalue weighted by atomic mass is 10.1. The van der Waals surface area contributed by atoms with E-state index in [1.54, 1.807) is 55.2 Å². The molecule has 4 aromatic rings. The molecule has 2 N–H and O–H groups in total. The number of nitrogens with one attached hydrogen (secondary N) is 1. The van der Waals surface area contributed by atoms with E-state index in [9.17, 15) is 14.4 Å². The molecule has 35 heavy (non-hydrogen) atoms. The number of imidazole rings is 1. The summed E-state index contributed by atoms with van der Waals surface area (Å²) >= 11 is 0. The number of aryl methyl sites for hydroxylation is 1. The van der Waals surface area contributed by atoms with Gasteiger partial charge in [-0.25, -0.2) is 9.78 Å². The topological polar surface area (TPSA) is 144 Å². The summed E-state index contributed by atoms with van der Waals surface area (Å²) < 4.78 is 8.26. The van der Waals surface area contributed by atoms with Gasteiger partial charge in [0.05, 0.1) is 17.5 Å². The summed E-state index contributed by atoms with van der Waals surface area (Å²) in [7, 11) is 3.24. The fraction of sp³-hybridized carbons (Fsp3) is 0.217. The number of aliphatic carboxylic acids is 1. The van der Waals surface area contributed by atoms with Crippen LogP contribution in [0, 0.1) is 0 Å². The number of anilines is 1. The monoisotopic (exact) mass is 477 g/mol. The SMILES string of the molecule is CCN(C)C(=O)c1cnn(C)c1C(=O)Nc1ccn2cc(-c3cccc(OCC(=O)O)c3)nc2n1. The minimum Gasteiger partial charge on any atom is -0.482 e. The maximum Gasteiger partial charge on any atom is 0.341 e. The first-order chi connectivity index (χ1) is 16.8. The maximum atomic E-state index is 13.0.